The molecule has 4 rings (SSSR count). The molecule has 0 radical (unpaired) electrons. The van der Waals surface area contributed by atoms with Crippen molar-refractivity contribution in [2.24, 2.45) is 0 Å². The topological polar surface area (TPSA) is 18.5 Å². The number of hydrogen-bond acceptors (Lipinski definition) is 3. The Kier molecular flexibility index (Phi) is 8.26. The zero-order valence-corrected chi connectivity index (χ0v) is 22.8. The van der Waals surface area contributed by atoms with Crippen LogP contribution >= 0.6 is 6.22 Å². The average Bonchev–Trinajstić information content (AvgIpc) is 2.85. The summed E-state index contributed by atoms with van der Waals surface area (Å²) in [4.78, 5) is 0. The van der Waals surface area contributed by atoms with E-state index in [0.717, 1.165) is 11.5 Å². The van der Waals surface area contributed by atoms with Crippen LogP contribution in [0.1, 0.15) is 0 Å². The molecule has 156 valence electrons. The monoisotopic (exact) mass is 658 g/mol. The Balaban J connectivity index is 1.57. The van der Waals surface area contributed by atoms with Crippen LogP contribution in [0.25, 0.3) is 22.3 Å². The second kappa shape index (κ2) is 11.3. The number of ether oxygens (including phenoxy) is 2. The Morgan fingerprint density at radius 1 is 0.548 bits per heavy atom. The van der Waals surface area contributed by atoms with E-state index in [1.807, 2.05) is 0 Å². The van der Waals surface area contributed by atoms with E-state index in [0.29, 0.717) is 0 Å². The van der Waals surface area contributed by atoms with Crippen molar-refractivity contribution in [3.05, 3.63) is 97.1 Å². The molecule has 0 atom stereocenters. The van der Waals surface area contributed by atoms with Crippen LogP contribution in [0.5, 0.6) is 11.5 Å². The Labute approximate surface area is 205 Å². The van der Waals surface area contributed by atoms with Gasteiger partial charge < -0.3 is 0 Å². The van der Waals surface area contributed by atoms with Crippen molar-refractivity contribution in [1.82, 2.24) is 0 Å². The van der Waals surface area contributed by atoms with Crippen molar-refractivity contribution in [2.75, 3.05) is 14.2 Å². The standard InChI is InChI=1S/C26H22O2STe2/c1-27-21-13-15-25(23(17-21)19-9-5-3-6-10-19)30-29-31-26-16-14-22(28-2)18-24(26)20-11-7-4-8-12-20/h3-18H,1-2H3. The van der Waals surface area contributed by atoms with Crippen LogP contribution in [-0.2, 0) is 0 Å². The van der Waals surface area contributed by atoms with Gasteiger partial charge in [-0.25, -0.2) is 0 Å². The van der Waals surface area contributed by atoms with Gasteiger partial charge in [0.2, 0.25) is 0 Å². The molecule has 4 aromatic carbocycles. The van der Waals surface area contributed by atoms with Gasteiger partial charge in [-0.3, -0.25) is 0 Å². The number of benzene rings is 4. The molecular formula is C26H22O2STe2. The molecular weight excluding hydrogens is 632 g/mol. The van der Waals surface area contributed by atoms with Crippen LogP contribution < -0.4 is 16.7 Å². The fourth-order valence-electron chi connectivity index (χ4n) is 3.19. The summed E-state index contributed by atoms with van der Waals surface area (Å²) >= 11 is -0.763. The summed E-state index contributed by atoms with van der Waals surface area (Å²) in [6.07, 6.45) is 2.18. The molecule has 0 aliphatic carbocycles. The average molecular weight is 654 g/mol. The van der Waals surface area contributed by atoms with Gasteiger partial charge in [-0.05, 0) is 0 Å². The van der Waals surface area contributed by atoms with Crippen LogP contribution in [-0.4, -0.2) is 53.3 Å². The van der Waals surface area contributed by atoms with E-state index in [2.05, 4.69) is 103 Å². The third kappa shape index (κ3) is 5.81. The van der Waals surface area contributed by atoms with Crippen LogP contribution in [0.3, 0.4) is 0 Å². The van der Waals surface area contributed by atoms with E-state index in [-0.39, 0.29) is 39.1 Å². The normalized spacial score (nSPS) is 10.6. The SMILES string of the molecule is COc1ccc([Te]S[Te]c2ccc(OC)cc2-c2ccccc2)c(-c2ccccc2)c1. The van der Waals surface area contributed by atoms with Gasteiger partial charge in [-0.1, -0.05) is 0 Å². The summed E-state index contributed by atoms with van der Waals surface area (Å²) in [7, 11) is 3.47. The van der Waals surface area contributed by atoms with Gasteiger partial charge in [0.05, 0.1) is 0 Å². The molecule has 0 saturated heterocycles. The maximum absolute atomic E-state index is 5.50. The van der Waals surface area contributed by atoms with Crippen molar-refractivity contribution in [3.8, 4) is 33.8 Å². The summed E-state index contributed by atoms with van der Waals surface area (Å²) < 4.78 is 13.9. The first-order valence-corrected chi connectivity index (χ1v) is 18.5. The van der Waals surface area contributed by atoms with Crippen LogP contribution in [0.2, 0.25) is 0 Å². The zero-order chi connectivity index (χ0) is 21.5. The summed E-state index contributed by atoms with van der Waals surface area (Å²) in [5.74, 6) is 1.83. The Bertz CT molecular complexity index is 1040. The Morgan fingerprint density at radius 3 is 1.35 bits per heavy atom. The molecule has 0 saturated carbocycles. The second-order valence-electron chi connectivity index (χ2n) is 6.69. The first kappa shape index (κ1) is 22.6. The molecule has 0 aliphatic rings. The summed E-state index contributed by atoms with van der Waals surface area (Å²) in [6.45, 7) is 0. The van der Waals surface area contributed by atoms with Crippen molar-refractivity contribution < 1.29 is 9.47 Å². The van der Waals surface area contributed by atoms with E-state index in [1.54, 1.807) is 14.2 Å². The van der Waals surface area contributed by atoms with Gasteiger partial charge in [-0.15, -0.1) is 0 Å². The maximum atomic E-state index is 5.50. The van der Waals surface area contributed by atoms with E-state index in [1.165, 1.54) is 29.5 Å². The van der Waals surface area contributed by atoms with Crippen LogP contribution in [0.15, 0.2) is 97.1 Å². The zero-order valence-electron chi connectivity index (χ0n) is 17.3. The summed E-state index contributed by atoms with van der Waals surface area (Å²) in [5.41, 5.74) is 5.13. The molecule has 0 bridgehead atoms. The van der Waals surface area contributed by atoms with Gasteiger partial charge in [-0.2, -0.15) is 0 Å². The molecule has 0 aromatic heterocycles. The molecule has 0 heterocycles. The third-order valence-electron chi connectivity index (χ3n) is 4.79. The van der Waals surface area contributed by atoms with Gasteiger partial charge in [0.25, 0.3) is 0 Å². The molecule has 0 unspecified atom stereocenters. The molecule has 0 fully saturated rings. The summed E-state index contributed by atoms with van der Waals surface area (Å²) in [6, 6.07) is 34.3. The molecule has 5 heteroatoms. The summed E-state index contributed by atoms with van der Waals surface area (Å²) in [5, 5.41) is 0. The quantitative estimate of drug-likeness (QED) is 0.251. The predicted molar refractivity (Wildman–Crippen MR) is 135 cm³/mol. The molecule has 4 aromatic rings. The number of methoxy groups -OCH3 is 2. The number of rotatable bonds is 8. The predicted octanol–water partition coefficient (Wildman–Crippen LogP) is 4.96. The van der Waals surface area contributed by atoms with Gasteiger partial charge >= 0.3 is 207 Å². The van der Waals surface area contributed by atoms with E-state index >= 15 is 0 Å². The van der Waals surface area contributed by atoms with Crippen molar-refractivity contribution >= 4 is 52.5 Å². The van der Waals surface area contributed by atoms with Gasteiger partial charge in [0.15, 0.2) is 0 Å². The molecule has 0 spiro atoms. The molecule has 2 nitrogen and oxygen atoms in total. The van der Waals surface area contributed by atoms with Crippen molar-refractivity contribution in [2.45, 2.75) is 0 Å². The van der Waals surface area contributed by atoms with Crippen molar-refractivity contribution in [3.63, 3.8) is 0 Å². The van der Waals surface area contributed by atoms with E-state index < -0.39 is 0 Å². The first-order chi connectivity index (χ1) is 15.3. The van der Waals surface area contributed by atoms with E-state index in [4.69, 9.17) is 9.47 Å². The minimum atomic E-state index is -0.381. The van der Waals surface area contributed by atoms with E-state index in [9.17, 15) is 0 Å². The van der Waals surface area contributed by atoms with Gasteiger partial charge in [0, 0.05) is 0 Å². The molecule has 0 N–H and O–H groups in total. The fourth-order valence-corrected chi connectivity index (χ4v) is 19.5. The number of hydrogen-bond donors (Lipinski definition) is 0. The first-order valence-electron chi connectivity index (χ1n) is 9.76. The molecule has 31 heavy (non-hydrogen) atoms. The fraction of sp³-hybridized carbons (Fsp3) is 0.0769. The minimum absolute atomic E-state index is 0.381. The van der Waals surface area contributed by atoms with Crippen LogP contribution in [0, 0.1) is 0 Å². The second-order valence-corrected chi connectivity index (χ2v) is 21.5. The molecule has 0 amide bonds. The van der Waals surface area contributed by atoms with Gasteiger partial charge in [0.1, 0.15) is 0 Å². The Morgan fingerprint density at radius 2 is 0.968 bits per heavy atom. The van der Waals surface area contributed by atoms with Crippen LogP contribution in [0.4, 0.5) is 0 Å². The Hall–Kier alpha value is -1.59. The third-order valence-corrected chi connectivity index (χ3v) is 19.4. The van der Waals surface area contributed by atoms with Crippen molar-refractivity contribution in [1.29, 1.82) is 0 Å². The molecule has 0 aliphatic heterocycles.